The van der Waals surface area contributed by atoms with Gasteiger partial charge in [-0.25, -0.2) is 0 Å². The third kappa shape index (κ3) is 4.95. The van der Waals surface area contributed by atoms with E-state index in [9.17, 15) is 0 Å². The van der Waals surface area contributed by atoms with Gasteiger partial charge in [-0.05, 0) is 38.2 Å². The second kappa shape index (κ2) is 6.90. The second-order valence-electron chi connectivity index (χ2n) is 3.11. The first-order valence-electron chi connectivity index (χ1n) is 4.87. The second-order valence-corrected chi connectivity index (χ2v) is 3.11. The van der Waals surface area contributed by atoms with E-state index in [4.69, 9.17) is 0 Å². The molecule has 0 bridgehead atoms. The van der Waals surface area contributed by atoms with Crippen LogP contribution in [0.3, 0.4) is 0 Å². The molecule has 1 rings (SSSR count). The van der Waals surface area contributed by atoms with Crippen molar-refractivity contribution in [1.29, 1.82) is 0 Å². The Bertz CT molecular complexity index is 172. The molecular weight excluding hydrogens is 144 g/mol. The largest absolute Gasteiger partial charge is 0.0882 e. The van der Waals surface area contributed by atoms with Crippen LogP contribution in [0.2, 0.25) is 0 Å². The van der Waals surface area contributed by atoms with E-state index in [-0.39, 0.29) is 0 Å². The lowest BCUT2D eigenvalue weighted by atomic mass is 10.1. The first-order valence-corrected chi connectivity index (χ1v) is 4.87. The molecule has 0 amide bonds. The van der Waals surface area contributed by atoms with Crippen molar-refractivity contribution >= 4 is 0 Å². The molecule has 0 unspecified atom stereocenters. The van der Waals surface area contributed by atoms with Crippen LogP contribution in [0.1, 0.15) is 38.5 Å². The van der Waals surface area contributed by atoms with Crippen LogP contribution in [0.4, 0.5) is 0 Å². The smallest absolute Gasteiger partial charge is 0.00946 e. The van der Waals surface area contributed by atoms with Gasteiger partial charge in [0.15, 0.2) is 0 Å². The number of allylic oxidation sites excluding steroid dienone is 6. The molecule has 0 aliphatic heterocycles. The van der Waals surface area contributed by atoms with Gasteiger partial charge in [-0.15, -0.1) is 0 Å². The Balaban J connectivity index is 2.31. The van der Waals surface area contributed by atoms with Crippen molar-refractivity contribution in [3.05, 3.63) is 36.5 Å². The lowest BCUT2D eigenvalue weighted by Crippen LogP contribution is -1.75. The standard InChI is InChI=1S/C12H17/c1-2-4-6-8-10-12-11-9-7-5-3-1/h1-3,9,11H,4,6-8,10,12H2. The Hall–Kier alpha value is -0.780. The van der Waals surface area contributed by atoms with Gasteiger partial charge in [0.05, 0.1) is 0 Å². The fourth-order valence-corrected chi connectivity index (χ4v) is 1.27. The highest BCUT2D eigenvalue weighted by atomic mass is 13.9. The summed E-state index contributed by atoms with van der Waals surface area (Å²) in [6.07, 6.45) is 21.5. The van der Waals surface area contributed by atoms with E-state index in [0.29, 0.717) is 0 Å². The molecule has 1 aliphatic carbocycles. The summed E-state index contributed by atoms with van der Waals surface area (Å²) in [6.45, 7) is 0. The minimum atomic E-state index is 0.963. The van der Waals surface area contributed by atoms with Crippen molar-refractivity contribution in [3.63, 3.8) is 0 Å². The molecule has 0 nitrogen and oxygen atoms in total. The van der Waals surface area contributed by atoms with Crippen molar-refractivity contribution in [2.45, 2.75) is 38.5 Å². The average molecular weight is 161 g/mol. The molecule has 0 heteroatoms. The molecule has 0 aromatic carbocycles. The minimum absolute atomic E-state index is 0.963. The average Bonchev–Trinajstić information content (AvgIpc) is 2.05. The molecule has 0 aromatic heterocycles. The van der Waals surface area contributed by atoms with Crippen LogP contribution in [0, 0.1) is 6.08 Å². The highest BCUT2D eigenvalue weighted by Crippen LogP contribution is 2.05. The van der Waals surface area contributed by atoms with E-state index in [2.05, 4.69) is 30.4 Å². The minimum Gasteiger partial charge on any atom is -0.0882 e. The topological polar surface area (TPSA) is 0 Å². The predicted octanol–water partition coefficient (Wildman–Crippen LogP) is 3.81. The van der Waals surface area contributed by atoms with E-state index in [1.54, 1.807) is 0 Å². The van der Waals surface area contributed by atoms with Gasteiger partial charge in [0.1, 0.15) is 0 Å². The maximum Gasteiger partial charge on any atom is -0.00946 e. The van der Waals surface area contributed by atoms with Gasteiger partial charge in [0.25, 0.3) is 0 Å². The van der Waals surface area contributed by atoms with Gasteiger partial charge in [-0.1, -0.05) is 36.8 Å². The van der Waals surface area contributed by atoms with Gasteiger partial charge in [0, 0.05) is 0 Å². The van der Waals surface area contributed by atoms with Crippen molar-refractivity contribution in [2.24, 2.45) is 0 Å². The lowest BCUT2D eigenvalue weighted by Gasteiger charge is -1.95. The van der Waals surface area contributed by atoms with Crippen LogP contribution in [-0.4, -0.2) is 0 Å². The maximum atomic E-state index is 3.20. The summed E-state index contributed by atoms with van der Waals surface area (Å²) in [5, 5.41) is 0. The van der Waals surface area contributed by atoms with Gasteiger partial charge < -0.3 is 0 Å². The summed E-state index contributed by atoms with van der Waals surface area (Å²) in [7, 11) is 0. The van der Waals surface area contributed by atoms with E-state index in [0.717, 1.165) is 6.42 Å². The molecule has 12 heavy (non-hydrogen) atoms. The zero-order chi connectivity index (χ0) is 8.49. The Morgan fingerprint density at radius 2 is 1.67 bits per heavy atom. The van der Waals surface area contributed by atoms with Gasteiger partial charge in [-0.3, -0.25) is 0 Å². The van der Waals surface area contributed by atoms with Crippen molar-refractivity contribution in [1.82, 2.24) is 0 Å². The van der Waals surface area contributed by atoms with Crippen LogP contribution >= 0.6 is 0 Å². The normalized spacial score (nSPS) is 20.0. The summed E-state index contributed by atoms with van der Waals surface area (Å²) < 4.78 is 0. The van der Waals surface area contributed by atoms with E-state index in [1.165, 1.54) is 32.1 Å². The molecule has 0 saturated heterocycles. The SMILES string of the molecule is [C]1=CC=CCCCCCC=CC1. The molecule has 1 radical (unpaired) electrons. The van der Waals surface area contributed by atoms with Crippen LogP contribution in [0.15, 0.2) is 30.4 Å². The zero-order valence-corrected chi connectivity index (χ0v) is 7.63. The molecule has 0 N–H and O–H groups in total. The van der Waals surface area contributed by atoms with Gasteiger partial charge >= 0.3 is 0 Å². The van der Waals surface area contributed by atoms with E-state index >= 15 is 0 Å². The summed E-state index contributed by atoms with van der Waals surface area (Å²) in [5.74, 6) is 0. The third-order valence-electron chi connectivity index (χ3n) is 1.99. The van der Waals surface area contributed by atoms with Crippen LogP contribution in [-0.2, 0) is 0 Å². The first-order chi connectivity index (χ1) is 6.00. The Morgan fingerprint density at radius 3 is 2.58 bits per heavy atom. The third-order valence-corrected chi connectivity index (χ3v) is 1.99. The van der Waals surface area contributed by atoms with Crippen LogP contribution in [0.5, 0.6) is 0 Å². The zero-order valence-electron chi connectivity index (χ0n) is 7.63. The predicted molar refractivity (Wildman–Crippen MR) is 53.8 cm³/mol. The summed E-state index contributed by atoms with van der Waals surface area (Å²) >= 11 is 0. The summed E-state index contributed by atoms with van der Waals surface area (Å²) in [6, 6.07) is 0. The van der Waals surface area contributed by atoms with Crippen LogP contribution < -0.4 is 0 Å². The fourth-order valence-electron chi connectivity index (χ4n) is 1.27. The van der Waals surface area contributed by atoms with E-state index in [1.807, 2.05) is 6.08 Å². The maximum absolute atomic E-state index is 3.20. The quantitative estimate of drug-likeness (QED) is 0.474. The van der Waals surface area contributed by atoms with Gasteiger partial charge in [0.2, 0.25) is 0 Å². The number of hydrogen-bond donors (Lipinski definition) is 0. The molecule has 0 spiro atoms. The molecule has 65 valence electrons. The molecule has 0 aromatic rings. The van der Waals surface area contributed by atoms with Crippen molar-refractivity contribution in [2.75, 3.05) is 0 Å². The molecule has 0 atom stereocenters. The summed E-state index contributed by atoms with van der Waals surface area (Å²) in [4.78, 5) is 0. The highest BCUT2D eigenvalue weighted by molar-refractivity contribution is 5.01. The van der Waals surface area contributed by atoms with Crippen molar-refractivity contribution < 1.29 is 0 Å². The fraction of sp³-hybridized carbons (Fsp3) is 0.500. The Kier molecular flexibility index (Phi) is 5.35. The molecule has 1 aliphatic rings. The molecule has 0 saturated carbocycles. The van der Waals surface area contributed by atoms with Crippen LogP contribution in [0.25, 0.3) is 0 Å². The molecule has 0 fully saturated rings. The molecule has 0 heterocycles. The highest BCUT2D eigenvalue weighted by Gasteiger charge is 1.85. The first kappa shape index (κ1) is 9.31. The number of rotatable bonds is 0. The number of hydrogen-bond acceptors (Lipinski definition) is 0. The monoisotopic (exact) mass is 161 g/mol. The summed E-state index contributed by atoms with van der Waals surface area (Å²) in [5.41, 5.74) is 0. The van der Waals surface area contributed by atoms with Gasteiger partial charge in [-0.2, -0.15) is 0 Å². The van der Waals surface area contributed by atoms with Crippen molar-refractivity contribution in [3.8, 4) is 0 Å². The lowest BCUT2D eigenvalue weighted by molar-refractivity contribution is 0.695. The van der Waals surface area contributed by atoms with E-state index < -0.39 is 0 Å². The Morgan fingerprint density at radius 1 is 0.833 bits per heavy atom. The molecular formula is C12H17. The Labute approximate surface area is 75.7 Å².